The fraction of sp³-hybridized carbons (Fsp3) is 0.222. The molecule has 35 heavy (non-hydrogen) atoms. The van der Waals surface area contributed by atoms with E-state index in [1.807, 2.05) is 42.5 Å². The largest absolute Gasteiger partial charge is 0.513 e. The number of ether oxygens (including phenoxy) is 3. The number of hydrogen-bond donors (Lipinski definition) is 2. The summed E-state index contributed by atoms with van der Waals surface area (Å²) in [5.41, 5.74) is 2.83. The van der Waals surface area contributed by atoms with Gasteiger partial charge in [-0.25, -0.2) is 4.79 Å². The van der Waals surface area contributed by atoms with Crippen molar-refractivity contribution in [2.24, 2.45) is 0 Å². The number of para-hydroxylation sites is 1. The summed E-state index contributed by atoms with van der Waals surface area (Å²) in [6.07, 6.45) is 0.0955. The van der Waals surface area contributed by atoms with Crippen LogP contribution in [0.3, 0.4) is 0 Å². The number of carbonyl (C=O) groups is 3. The Balaban J connectivity index is 1.53. The molecule has 0 aliphatic rings. The van der Waals surface area contributed by atoms with Crippen LogP contribution in [0.5, 0.6) is 11.5 Å². The molecular formula is C27H28N2O6. The number of hydrogen-bond acceptors (Lipinski definition) is 6. The van der Waals surface area contributed by atoms with Gasteiger partial charge in [0.25, 0.3) is 5.91 Å². The summed E-state index contributed by atoms with van der Waals surface area (Å²) in [6, 6.07) is 21.1. The van der Waals surface area contributed by atoms with Crippen molar-refractivity contribution in [3.8, 4) is 11.5 Å². The van der Waals surface area contributed by atoms with Crippen molar-refractivity contribution in [1.29, 1.82) is 0 Å². The van der Waals surface area contributed by atoms with Crippen molar-refractivity contribution >= 4 is 23.7 Å². The van der Waals surface area contributed by atoms with Gasteiger partial charge in [-0.05, 0) is 66.9 Å². The second kappa shape index (κ2) is 12.8. The molecule has 0 fully saturated rings. The minimum Gasteiger partial charge on any atom is -0.497 e. The normalized spacial score (nSPS) is 10.2. The Kier molecular flexibility index (Phi) is 9.24. The van der Waals surface area contributed by atoms with Crippen molar-refractivity contribution in [1.82, 2.24) is 5.32 Å². The summed E-state index contributed by atoms with van der Waals surface area (Å²) in [4.78, 5) is 36.5. The van der Waals surface area contributed by atoms with Gasteiger partial charge in [0.15, 0.2) is 0 Å². The zero-order valence-corrected chi connectivity index (χ0v) is 19.7. The second-order valence-corrected chi connectivity index (χ2v) is 7.55. The Bertz CT molecular complexity index is 1160. The van der Waals surface area contributed by atoms with Gasteiger partial charge in [-0.15, -0.1) is 0 Å². The minimum absolute atomic E-state index is 0.121. The fourth-order valence-corrected chi connectivity index (χ4v) is 3.29. The Morgan fingerprint density at radius 2 is 1.66 bits per heavy atom. The molecule has 0 aromatic heterocycles. The molecule has 0 heterocycles. The average molecular weight is 477 g/mol. The standard InChI is InChI=1S/C27H28N2O6/c1-3-34-27(32)35-22-14-12-20(13-15-22)26(31)28-18-21-8-4-5-10-24(21)29-25(30)16-11-19-7-6-9-23(17-19)33-2/h4-10,12-15,17H,3,11,16,18H2,1-2H3,(H,28,31)(H,29,30). The van der Waals surface area contributed by atoms with Gasteiger partial charge in [0.1, 0.15) is 11.5 Å². The summed E-state index contributed by atoms with van der Waals surface area (Å²) in [5.74, 6) is 0.614. The maximum atomic E-state index is 12.6. The van der Waals surface area contributed by atoms with Gasteiger partial charge in [0.2, 0.25) is 5.91 Å². The van der Waals surface area contributed by atoms with E-state index in [1.165, 1.54) is 12.1 Å². The molecule has 0 spiro atoms. The summed E-state index contributed by atoms with van der Waals surface area (Å²) < 4.78 is 14.9. The predicted octanol–water partition coefficient (Wildman–Crippen LogP) is 4.73. The molecule has 8 heteroatoms. The molecule has 0 unspecified atom stereocenters. The lowest BCUT2D eigenvalue weighted by atomic mass is 10.1. The molecule has 0 atom stereocenters. The topological polar surface area (TPSA) is 103 Å². The highest BCUT2D eigenvalue weighted by Gasteiger charge is 2.11. The Labute approximate surface area is 204 Å². The lowest BCUT2D eigenvalue weighted by Crippen LogP contribution is -2.24. The summed E-state index contributed by atoms with van der Waals surface area (Å²) >= 11 is 0. The first-order valence-electron chi connectivity index (χ1n) is 11.2. The van der Waals surface area contributed by atoms with Crippen LogP contribution in [0.4, 0.5) is 10.5 Å². The van der Waals surface area contributed by atoms with Gasteiger partial charge in [-0.2, -0.15) is 0 Å². The van der Waals surface area contributed by atoms with Gasteiger partial charge in [0, 0.05) is 24.2 Å². The molecular weight excluding hydrogens is 448 g/mol. The maximum absolute atomic E-state index is 12.6. The second-order valence-electron chi connectivity index (χ2n) is 7.55. The van der Waals surface area contributed by atoms with E-state index in [0.717, 1.165) is 16.9 Å². The molecule has 2 amide bonds. The molecule has 3 aromatic carbocycles. The number of carbonyl (C=O) groups excluding carboxylic acids is 3. The first-order valence-corrected chi connectivity index (χ1v) is 11.2. The van der Waals surface area contributed by atoms with Crippen molar-refractivity contribution in [2.75, 3.05) is 19.0 Å². The number of nitrogens with one attached hydrogen (secondary N) is 2. The van der Waals surface area contributed by atoms with Crippen molar-refractivity contribution < 1.29 is 28.6 Å². The quantitative estimate of drug-likeness (QED) is 0.324. The Morgan fingerprint density at radius 3 is 2.40 bits per heavy atom. The monoisotopic (exact) mass is 476 g/mol. The van der Waals surface area contributed by atoms with Crippen molar-refractivity contribution in [3.63, 3.8) is 0 Å². The third-order valence-corrected chi connectivity index (χ3v) is 5.09. The average Bonchev–Trinajstić information content (AvgIpc) is 2.87. The van der Waals surface area contributed by atoms with Crippen LogP contribution < -0.4 is 20.1 Å². The van der Waals surface area contributed by atoms with E-state index in [0.29, 0.717) is 24.1 Å². The van der Waals surface area contributed by atoms with E-state index in [4.69, 9.17) is 14.2 Å². The van der Waals surface area contributed by atoms with Crippen molar-refractivity contribution in [3.05, 3.63) is 89.5 Å². The molecule has 3 aromatic rings. The summed E-state index contributed by atoms with van der Waals surface area (Å²) in [7, 11) is 1.61. The van der Waals surface area contributed by atoms with Crippen LogP contribution in [0.2, 0.25) is 0 Å². The Hall–Kier alpha value is -4.33. The summed E-state index contributed by atoms with van der Waals surface area (Å²) in [5, 5.41) is 5.77. The van der Waals surface area contributed by atoms with Crippen molar-refractivity contribution in [2.45, 2.75) is 26.3 Å². The van der Waals surface area contributed by atoms with E-state index in [-0.39, 0.29) is 30.7 Å². The highest BCUT2D eigenvalue weighted by atomic mass is 16.7. The van der Waals surface area contributed by atoms with E-state index < -0.39 is 6.16 Å². The first kappa shape index (κ1) is 25.3. The maximum Gasteiger partial charge on any atom is 0.513 e. The number of rotatable bonds is 10. The first-order chi connectivity index (χ1) is 17.0. The van der Waals surface area contributed by atoms with Crippen LogP contribution in [0.25, 0.3) is 0 Å². The molecule has 0 radical (unpaired) electrons. The lowest BCUT2D eigenvalue weighted by molar-refractivity contribution is -0.116. The van der Waals surface area contributed by atoms with Gasteiger partial charge >= 0.3 is 6.16 Å². The molecule has 8 nitrogen and oxygen atoms in total. The third-order valence-electron chi connectivity index (χ3n) is 5.09. The molecule has 182 valence electrons. The zero-order chi connectivity index (χ0) is 25.0. The van der Waals surface area contributed by atoms with Gasteiger partial charge < -0.3 is 24.8 Å². The molecule has 0 aliphatic heterocycles. The Morgan fingerprint density at radius 1 is 0.886 bits per heavy atom. The number of amides is 2. The number of anilines is 1. The van der Waals surface area contributed by atoms with E-state index in [9.17, 15) is 14.4 Å². The highest BCUT2D eigenvalue weighted by molar-refractivity contribution is 5.95. The molecule has 0 bridgehead atoms. The molecule has 0 saturated carbocycles. The predicted molar refractivity (Wildman–Crippen MR) is 132 cm³/mol. The number of methoxy groups -OCH3 is 1. The van der Waals surface area contributed by atoms with Crippen LogP contribution in [0.1, 0.15) is 34.8 Å². The summed E-state index contributed by atoms with van der Waals surface area (Å²) in [6.45, 7) is 2.12. The van der Waals surface area contributed by atoms with Crippen LogP contribution in [0.15, 0.2) is 72.8 Å². The number of benzene rings is 3. The molecule has 3 rings (SSSR count). The molecule has 0 aliphatic carbocycles. The van der Waals surface area contributed by atoms with Crippen LogP contribution >= 0.6 is 0 Å². The van der Waals surface area contributed by atoms with Crippen LogP contribution in [0, 0.1) is 0 Å². The van der Waals surface area contributed by atoms with Gasteiger partial charge in [0.05, 0.1) is 13.7 Å². The highest BCUT2D eigenvalue weighted by Crippen LogP contribution is 2.18. The van der Waals surface area contributed by atoms with E-state index in [1.54, 1.807) is 32.2 Å². The number of aryl methyl sites for hydroxylation is 1. The third kappa shape index (κ3) is 7.89. The van der Waals surface area contributed by atoms with Crippen LogP contribution in [-0.4, -0.2) is 31.7 Å². The van der Waals surface area contributed by atoms with Gasteiger partial charge in [-0.1, -0.05) is 30.3 Å². The molecule has 2 N–H and O–H groups in total. The van der Waals surface area contributed by atoms with E-state index >= 15 is 0 Å². The minimum atomic E-state index is -0.799. The zero-order valence-electron chi connectivity index (χ0n) is 19.7. The van der Waals surface area contributed by atoms with E-state index in [2.05, 4.69) is 10.6 Å². The lowest BCUT2D eigenvalue weighted by Gasteiger charge is -2.12. The smallest absolute Gasteiger partial charge is 0.497 e. The van der Waals surface area contributed by atoms with Crippen LogP contribution in [-0.2, 0) is 22.5 Å². The fourth-order valence-electron chi connectivity index (χ4n) is 3.29. The molecule has 0 saturated heterocycles. The SMILES string of the molecule is CCOC(=O)Oc1ccc(C(=O)NCc2ccccc2NC(=O)CCc2cccc(OC)c2)cc1. The van der Waals surface area contributed by atoms with Gasteiger partial charge in [-0.3, -0.25) is 9.59 Å².